The molecule has 14 heteroatoms. The number of carbonyl (C=O) groups is 1. The predicted molar refractivity (Wildman–Crippen MR) is 132 cm³/mol. The van der Waals surface area contributed by atoms with E-state index in [1.165, 1.54) is 17.9 Å². The maximum Gasteiger partial charge on any atom is 0.459 e. The van der Waals surface area contributed by atoms with Gasteiger partial charge in [-0.3, -0.25) is 9.32 Å². The summed E-state index contributed by atoms with van der Waals surface area (Å²) in [7, 11) is -4.03. The Balaban J connectivity index is 1.46. The van der Waals surface area contributed by atoms with Crippen LogP contribution in [0.3, 0.4) is 0 Å². The minimum Gasteiger partial charge on any atom is -0.462 e. The van der Waals surface area contributed by atoms with Gasteiger partial charge in [0.2, 0.25) is 0 Å². The van der Waals surface area contributed by atoms with Crippen LogP contribution in [0.25, 0.3) is 11.0 Å². The zero-order valence-electron chi connectivity index (χ0n) is 20.0. The second kappa shape index (κ2) is 11.1. The Hall–Kier alpha value is -2.76. The molecule has 3 heterocycles. The van der Waals surface area contributed by atoms with Crippen LogP contribution in [-0.4, -0.2) is 56.0 Å². The SMILES string of the molecule is CC(C)OC(=O)C(C)NP(=O)(OC[C@@H]1C[C@H](Cl)[C@H](n2ncc3c(N)ncnc32)O1)Oc1ccccc1. The molecule has 3 N–H and O–H groups in total. The van der Waals surface area contributed by atoms with Gasteiger partial charge < -0.3 is 19.7 Å². The van der Waals surface area contributed by atoms with Crippen LogP contribution >= 0.6 is 19.3 Å². The molecular weight excluding hydrogens is 511 g/mol. The second-order valence-corrected chi connectivity index (χ2v) is 10.8. The van der Waals surface area contributed by atoms with E-state index in [4.69, 9.17) is 35.9 Å². The number of aromatic nitrogens is 4. The number of esters is 1. The number of benzene rings is 1. The van der Waals surface area contributed by atoms with Crippen LogP contribution in [0, 0.1) is 0 Å². The lowest BCUT2D eigenvalue weighted by Crippen LogP contribution is -2.36. The van der Waals surface area contributed by atoms with Gasteiger partial charge in [0.05, 0.1) is 35.8 Å². The lowest BCUT2D eigenvalue weighted by atomic mass is 10.2. The molecule has 1 aliphatic heterocycles. The van der Waals surface area contributed by atoms with E-state index in [9.17, 15) is 9.36 Å². The minimum absolute atomic E-state index is 0.126. The molecule has 1 saturated heterocycles. The van der Waals surface area contributed by atoms with Gasteiger partial charge >= 0.3 is 13.7 Å². The van der Waals surface area contributed by atoms with Gasteiger partial charge in [0.1, 0.15) is 23.9 Å². The largest absolute Gasteiger partial charge is 0.462 e. The summed E-state index contributed by atoms with van der Waals surface area (Å²) in [5.74, 6) is 0.0132. The first-order valence-corrected chi connectivity index (χ1v) is 13.3. The normalized spacial score (nSPS) is 22.4. The van der Waals surface area contributed by atoms with E-state index in [0.29, 0.717) is 29.0 Å². The van der Waals surface area contributed by atoms with Crippen molar-refractivity contribution in [2.24, 2.45) is 0 Å². The molecule has 1 fully saturated rings. The Morgan fingerprint density at radius 3 is 2.78 bits per heavy atom. The molecule has 0 spiro atoms. The number of carbonyl (C=O) groups excluding carboxylic acids is 1. The fourth-order valence-electron chi connectivity index (χ4n) is 3.61. The number of nitrogen functional groups attached to an aromatic ring is 1. The summed E-state index contributed by atoms with van der Waals surface area (Å²) in [4.78, 5) is 20.5. The van der Waals surface area contributed by atoms with Crippen LogP contribution in [0.15, 0.2) is 42.9 Å². The third-order valence-corrected chi connectivity index (χ3v) is 7.29. The first-order chi connectivity index (χ1) is 17.1. The fourth-order valence-corrected chi connectivity index (χ4v) is 5.49. The second-order valence-electron chi connectivity index (χ2n) is 8.52. The summed E-state index contributed by atoms with van der Waals surface area (Å²) >= 11 is 6.57. The summed E-state index contributed by atoms with van der Waals surface area (Å²) in [6, 6.07) is 7.54. The van der Waals surface area contributed by atoms with Gasteiger partial charge in [-0.15, -0.1) is 11.6 Å². The van der Waals surface area contributed by atoms with E-state index in [-0.39, 0.29) is 12.7 Å². The summed E-state index contributed by atoms with van der Waals surface area (Å²) in [6.45, 7) is 4.84. The number of para-hydroxylation sites is 1. The van der Waals surface area contributed by atoms with Crippen molar-refractivity contribution in [1.29, 1.82) is 0 Å². The molecule has 1 aliphatic rings. The van der Waals surface area contributed by atoms with Gasteiger partial charge in [0.15, 0.2) is 11.9 Å². The number of nitrogens with zero attached hydrogens (tertiary/aromatic N) is 4. The highest BCUT2D eigenvalue weighted by Gasteiger charge is 2.40. The van der Waals surface area contributed by atoms with Crippen LogP contribution in [-0.2, 0) is 23.4 Å². The Morgan fingerprint density at radius 1 is 1.31 bits per heavy atom. The fraction of sp³-hybridized carbons (Fsp3) is 0.455. The summed E-state index contributed by atoms with van der Waals surface area (Å²) in [5.41, 5.74) is 6.38. The van der Waals surface area contributed by atoms with Crippen molar-refractivity contribution >= 4 is 42.2 Å². The number of anilines is 1. The summed E-state index contributed by atoms with van der Waals surface area (Å²) in [6.07, 6.45) is 1.73. The Kier molecular flexibility index (Phi) is 8.11. The van der Waals surface area contributed by atoms with Gasteiger partial charge in [-0.25, -0.2) is 19.2 Å². The van der Waals surface area contributed by atoms with Gasteiger partial charge in [0, 0.05) is 0 Å². The van der Waals surface area contributed by atoms with Crippen molar-refractivity contribution in [3.8, 4) is 5.75 Å². The van der Waals surface area contributed by atoms with Crippen LogP contribution in [0.2, 0.25) is 0 Å². The molecule has 0 aliphatic carbocycles. The monoisotopic (exact) mass is 538 g/mol. The molecule has 2 unspecified atom stereocenters. The molecule has 36 heavy (non-hydrogen) atoms. The molecule has 0 amide bonds. The topological polar surface area (TPSA) is 153 Å². The summed E-state index contributed by atoms with van der Waals surface area (Å²) in [5, 5.41) is 7.07. The van der Waals surface area contributed by atoms with Crippen LogP contribution in [0.5, 0.6) is 5.75 Å². The van der Waals surface area contributed by atoms with Crippen LogP contribution in [0.1, 0.15) is 33.4 Å². The molecule has 0 bridgehead atoms. The highest BCUT2D eigenvalue weighted by atomic mass is 35.5. The van der Waals surface area contributed by atoms with Crippen molar-refractivity contribution in [2.45, 2.75) is 57.0 Å². The molecule has 5 atom stereocenters. The number of alkyl halides is 1. The third kappa shape index (κ3) is 6.13. The number of fused-ring (bicyclic) bond motifs is 1. The van der Waals surface area contributed by atoms with Crippen molar-refractivity contribution in [1.82, 2.24) is 24.8 Å². The highest BCUT2D eigenvalue weighted by molar-refractivity contribution is 7.52. The minimum atomic E-state index is -4.03. The van der Waals surface area contributed by atoms with Gasteiger partial charge in [-0.2, -0.15) is 10.2 Å². The average Bonchev–Trinajstić information content (AvgIpc) is 3.41. The van der Waals surface area contributed by atoms with Crippen LogP contribution < -0.4 is 15.3 Å². The summed E-state index contributed by atoms with van der Waals surface area (Å²) < 4.78 is 37.8. The number of halogens is 1. The smallest absolute Gasteiger partial charge is 0.459 e. The number of rotatable bonds is 10. The Morgan fingerprint density at radius 2 is 2.06 bits per heavy atom. The van der Waals surface area contributed by atoms with Crippen LogP contribution in [0.4, 0.5) is 5.82 Å². The van der Waals surface area contributed by atoms with Crippen molar-refractivity contribution in [3.63, 3.8) is 0 Å². The number of nitrogens with two attached hydrogens (primary N) is 1. The Labute approximate surface area is 213 Å². The molecule has 194 valence electrons. The number of ether oxygens (including phenoxy) is 2. The van der Waals surface area contributed by atoms with Crippen molar-refractivity contribution in [2.75, 3.05) is 12.3 Å². The van der Waals surface area contributed by atoms with E-state index < -0.39 is 37.5 Å². The van der Waals surface area contributed by atoms with Gasteiger partial charge in [-0.05, 0) is 39.3 Å². The maximum absolute atomic E-state index is 13.6. The zero-order valence-corrected chi connectivity index (χ0v) is 21.6. The quantitative estimate of drug-likeness (QED) is 0.222. The van der Waals surface area contributed by atoms with E-state index in [1.54, 1.807) is 50.4 Å². The molecule has 1 aromatic carbocycles. The molecule has 4 rings (SSSR count). The van der Waals surface area contributed by atoms with E-state index >= 15 is 0 Å². The lowest BCUT2D eigenvalue weighted by Gasteiger charge is -2.24. The number of hydrogen-bond donors (Lipinski definition) is 2. The first kappa shape index (κ1) is 26.3. The third-order valence-electron chi connectivity index (χ3n) is 5.25. The van der Waals surface area contributed by atoms with E-state index in [0.717, 1.165) is 0 Å². The van der Waals surface area contributed by atoms with E-state index in [2.05, 4.69) is 20.2 Å². The zero-order chi connectivity index (χ0) is 25.9. The van der Waals surface area contributed by atoms with Gasteiger partial charge in [0.25, 0.3) is 0 Å². The van der Waals surface area contributed by atoms with E-state index in [1.807, 2.05) is 0 Å². The van der Waals surface area contributed by atoms with Crippen molar-refractivity contribution < 1.29 is 27.9 Å². The molecule has 3 aromatic rings. The highest BCUT2D eigenvalue weighted by Crippen LogP contribution is 2.46. The van der Waals surface area contributed by atoms with Gasteiger partial charge in [-0.1, -0.05) is 18.2 Å². The molecule has 12 nitrogen and oxygen atoms in total. The average molecular weight is 539 g/mol. The number of hydrogen-bond acceptors (Lipinski definition) is 10. The molecule has 2 aromatic heterocycles. The molecule has 0 saturated carbocycles. The van der Waals surface area contributed by atoms with Crippen molar-refractivity contribution in [3.05, 3.63) is 42.9 Å². The number of nitrogens with one attached hydrogen (secondary N) is 1. The molecular formula is C22H28ClN6O6P. The standard InChI is InChI=1S/C22H28ClN6O6P/c1-13(2)33-22(30)14(3)28-36(31,35-15-7-5-4-6-8-15)32-11-16-9-18(23)21(34-16)29-20-17(10-27-29)19(24)25-12-26-20/h4-8,10,12-14,16,18,21H,9,11H2,1-3H3,(H,28,31)(H2,24,25,26)/t14?,16-,18-,21+,36?/m0/s1. The first-order valence-electron chi connectivity index (χ1n) is 11.4. The predicted octanol–water partition coefficient (Wildman–Crippen LogP) is 3.44. The lowest BCUT2D eigenvalue weighted by molar-refractivity contribution is -0.149. The maximum atomic E-state index is 13.6. The Bertz CT molecular complexity index is 1240. The molecule has 0 radical (unpaired) electrons.